The minimum Gasteiger partial charge on any atom is -0.459 e. The van der Waals surface area contributed by atoms with Crippen molar-refractivity contribution in [3.05, 3.63) is 35.6 Å². The topological polar surface area (TPSA) is 84.8 Å². The van der Waals surface area contributed by atoms with Crippen molar-refractivity contribution < 1.29 is 19.1 Å². The first kappa shape index (κ1) is 14.9. The lowest BCUT2D eigenvalue weighted by molar-refractivity contribution is -0.152. The Hall–Kier alpha value is -2.50. The molecule has 2 aliphatic rings. The normalized spacial score (nSPS) is 22.1. The molecule has 0 aromatic carbocycles. The Morgan fingerprint density at radius 2 is 2.10 bits per heavy atom. The second-order valence-electron chi connectivity index (χ2n) is 4.56. The van der Waals surface area contributed by atoms with Crippen LogP contribution >= 0.6 is 0 Å². The van der Waals surface area contributed by atoms with Gasteiger partial charge in [-0.15, -0.1) is 0 Å². The van der Waals surface area contributed by atoms with E-state index in [4.69, 9.17) is 0 Å². The monoisotopic (exact) mass is 288 g/mol. The van der Waals surface area contributed by atoms with Crippen molar-refractivity contribution in [2.45, 2.75) is 20.3 Å². The molecule has 0 fully saturated rings. The van der Waals surface area contributed by atoms with Gasteiger partial charge in [-0.25, -0.2) is 9.79 Å². The quantitative estimate of drug-likeness (QED) is 0.608. The zero-order chi connectivity index (χ0) is 15.4. The number of hydrogen-bond acceptors (Lipinski definition) is 4. The summed E-state index contributed by atoms with van der Waals surface area (Å²) in [6.07, 6.45) is 7.45. The van der Waals surface area contributed by atoms with E-state index in [2.05, 4.69) is 15.0 Å². The molecular weight excluding hydrogens is 272 g/mol. The number of aliphatic imine (C=N–C) groups is 1. The zero-order valence-corrected chi connectivity index (χ0v) is 11.9. The van der Waals surface area contributed by atoms with Crippen LogP contribution in [-0.2, 0) is 19.1 Å². The first-order valence-corrected chi connectivity index (χ1v) is 6.76. The molecule has 1 N–H and O–H groups in total. The van der Waals surface area contributed by atoms with Crippen LogP contribution in [0.3, 0.4) is 0 Å². The highest BCUT2D eigenvalue weighted by Crippen LogP contribution is 2.28. The number of carbonyl (C=O) groups is 3. The molecule has 0 saturated heterocycles. The van der Waals surface area contributed by atoms with Crippen molar-refractivity contribution in [3.63, 3.8) is 0 Å². The van der Waals surface area contributed by atoms with Crippen molar-refractivity contribution >= 4 is 23.5 Å². The number of amides is 2. The molecular formula is C15H16N2O4. The van der Waals surface area contributed by atoms with Gasteiger partial charge in [0.1, 0.15) is 0 Å². The molecule has 0 bridgehead atoms. The number of allylic oxidation sites excluding steroid dienone is 3. The number of esters is 1. The highest BCUT2D eigenvalue weighted by molar-refractivity contribution is 6.36. The SMILES string of the molecule is CCOC(=O)C(=O)N=C1C=CC2C(CC)=CC(=O)NC2=C1. The Balaban J connectivity index is 2.21. The molecule has 1 heterocycles. The van der Waals surface area contributed by atoms with Gasteiger partial charge in [0.25, 0.3) is 0 Å². The molecule has 0 aromatic rings. The van der Waals surface area contributed by atoms with Crippen LogP contribution in [0.5, 0.6) is 0 Å². The predicted octanol–water partition coefficient (Wildman–Crippen LogP) is 1.05. The van der Waals surface area contributed by atoms with Gasteiger partial charge in [0.05, 0.1) is 12.3 Å². The lowest BCUT2D eigenvalue weighted by Gasteiger charge is -2.26. The Labute approximate surface area is 122 Å². The largest absolute Gasteiger partial charge is 0.459 e. The van der Waals surface area contributed by atoms with Gasteiger partial charge in [0.2, 0.25) is 5.91 Å². The van der Waals surface area contributed by atoms with E-state index in [0.717, 1.165) is 12.0 Å². The number of carbonyl (C=O) groups excluding carboxylic acids is 3. The second kappa shape index (κ2) is 6.30. The third kappa shape index (κ3) is 3.34. The number of ether oxygens (including phenoxy) is 1. The lowest BCUT2D eigenvalue weighted by Crippen LogP contribution is -2.33. The molecule has 2 amide bonds. The van der Waals surface area contributed by atoms with E-state index in [1.54, 1.807) is 25.2 Å². The van der Waals surface area contributed by atoms with Crippen LogP contribution in [0.2, 0.25) is 0 Å². The summed E-state index contributed by atoms with van der Waals surface area (Å²) >= 11 is 0. The Morgan fingerprint density at radius 1 is 1.33 bits per heavy atom. The predicted molar refractivity (Wildman–Crippen MR) is 76.3 cm³/mol. The summed E-state index contributed by atoms with van der Waals surface area (Å²) in [6, 6.07) is 0. The average molecular weight is 288 g/mol. The van der Waals surface area contributed by atoms with Crippen molar-refractivity contribution in [2.75, 3.05) is 6.61 Å². The van der Waals surface area contributed by atoms with Gasteiger partial charge >= 0.3 is 11.9 Å². The van der Waals surface area contributed by atoms with Gasteiger partial charge < -0.3 is 10.1 Å². The van der Waals surface area contributed by atoms with E-state index in [1.165, 1.54) is 0 Å². The van der Waals surface area contributed by atoms with E-state index in [0.29, 0.717) is 11.4 Å². The number of nitrogens with one attached hydrogen (secondary N) is 1. The van der Waals surface area contributed by atoms with Gasteiger partial charge in [-0.05, 0) is 25.5 Å². The Bertz CT molecular complexity index is 611. The molecule has 1 unspecified atom stereocenters. The van der Waals surface area contributed by atoms with E-state index in [1.807, 2.05) is 13.0 Å². The van der Waals surface area contributed by atoms with Crippen molar-refractivity contribution in [3.8, 4) is 0 Å². The standard InChI is InChI=1S/C15H16N2O4/c1-3-9-7-13(18)17-12-8-10(5-6-11(9)12)16-14(19)15(20)21-4-2/h5-8,11H,3-4H2,1-2H3,(H,17,18). The summed E-state index contributed by atoms with van der Waals surface area (Å²) in [7, 11) is 0. The maximum atomic E-state index is 11.6. The van der Waals surface area contributed by atoms with Gasteiger partial charge in [-0.3, -0.25) is 9.59 Å². The van der Waals surface area contributed by atoms with Crippen LogP contribution in [-0.4, -0.2) is 30.1 Å². The van der Waals surface area contributed by atoms with Crippen molar-refractivity contribution in [1.29, 1.82) is 0 Å². The van der Waals surface area contributed by atoms with Gasteiger partial charge in [-0.1, -0.05) is 18.6 Å². The molecule has 1 aliphatic carbocycles. The van der Waals surface area contributed by atoms with E-state index in [9.17, 15) is 14.4 Å². The Kier molecular flexibility index (Phi) is 4.47. The van der Waals surface area contributed by atoms with E-state index < -0.39 is 11.9 Å². The molecule has 1 atom stereocenters. The van der Waals surface area contributed by atoms with Crippen LogP contribution in [0.4, 0.5) is 0 Å². The third-order valence-corrected chi connectivity index (χ3v) is 3.17. The van der Waals surface area contributed by atoms with Gasteiger partial charge in [-0.2, -0.15) is 0 Å². The average Bonchev–Trinajstić information content (AvgIpc) is 2.46. The summed E-state index contributed by atoms with van der Waals surface area (Å²) in [4.78, 5) is 38.0. The minimum absolute atomic E-state index is 0.00987. The van der Waals surface area contributed by atoms with E-state index in [-0.39, 0.29) is 18.4 Å². The van der Waals surface area contributed by atoms with Crippen molar-refractivity contribution in [2.24, 2.45) is 10.9 Å². The molecule has 0 aromatic heterocycles. The summed E-state index contributed by atoms with van der Waals surface area (Å²) in [5.74, 6) is -2.15. The fraction of sp³-hybridized carbons (Fsp3) is 0.333. The highest BCUT2D eigenvalue weighted by atomic mass is 16.5. The smallest absolute Gasteiger partial charge is 0.399 e. The fourth-order valence-electron chi connectivity index (χ4n) is 2.22. The molecule has 0 spiro atoms. The molecule has 21 heavy (non-hydrogen) atoms. The van der Waals surface area contributed by atoms with Crippen LogP contribution in [0.1, 0.15) is 20.3 Å². The highest BCUT2D eigenvalue weighted by Gasteiger charge is 2.25. The van der Waals surface area contributed by atoms with E-state index >= 15 is 0 Å². The van der Waals surface area contributed by atoms with Crippen LogP contribution in [0.15, 0.2) is 40.6 Å². The van der Waals surface area contributed by atoms with Crippen LogP contribution in [0, 0.1) is 5.92 Å². The van der Waals surface area contributed by atoms with Crippen LogP contribution in [0.25, 0.3) is 0 Å². The van der Waals surface area contributed by atoms with Gasteiger partial charge in [0.15, 0.2) is 0 Å². The summed E-state index contributed by atoms with van der Waals surface area (Å²) in [6.45, 7) is 3.71. The molecule has 0 radical (unpaired) electrons. The molecule has 6 nitrogen and oxygen atoms in total. The first-order chi connectivity index (χ1) is 10.0. The zero-order valence-electron chi connectivity index (χ0n) is 11.9. The molecule has 6 heteroatoms. The number of fused-ring (bicyclic) bond motifs is 1. The fourth-order valence-corrected chi connectivity index (χ4v) is 2.22. The van der Waals surface area contributed by atoms with Gasteiger partial charge in [0, 0.05) is 17.7 Å². The number of nitrogens with zero attached hydrogens (tertiary/aromatic N) is 1. The maximum Gasteiger partial charge on any atom is 0.399 e. The first-order valence-electron chi connectivity index (χ1n) is 6.76. The summed E-state index contributed by atoms with van der Waals surface area (Å²) < 4.78 is 4.58. The lowest BCUT2D eigenvalue weighted by atomic mass is 9.86. The van der Waals surface area contributed by atoms with Crippen LogP contribution < -0.4 is 5.32 Å². The molecule has 2 rings (SSSR count). The molecule has 110 valence electrons. The second-order valence-corrected chi connectivity index (χ2v) is 4.56. The summed E-state index contributed by atoms with van der Waals surface area (Å²) in [5.41, 5.74) is 1.98. The number of rotatable bonds is 2. The third-order valence-electron chi connectivity index (χ3n) is 3.17. The minimum atomic E-state index is -0.985. The maximum absolute atomic E-state index is 11.6. The Morgan fingerprint density at radius 3 is 2.76 bits per heavy atom. The molecule has 1 aliphatic heterocycles. The summed E-state index contributed by atoms with van der Waals surface area (Å²) in [5, 5.41) is 2.73. The van der Waals surface area contributed by atoms with Crippen molar-refractivity contribution in [1.82, 2.24) is 5.32 Å². The molecule has 0 saturated carbocycles. The number of hydrogen-bond donors (Lipinski definition) is 1.